The lowest BCUT2D eigenvalue weighted by Crippen LogP contribution is -1.99. The van der Waals surface area contributed by atoms with E-state index >= 15 is 0 Å². The summed E-state index contributed by atoms with van der Waals surface area (Å²) in [4.78, 5) is 0. The largest absolute Gasteiger partial charge is 0.494 e. The fourth-order valence-corrected chi connectivity index (χ4v) is 1.76. The maximum atomic E-state index is 5.52. The highest BCUT2D eigenvalue weighted by molar-refractivity contribution is 5.42. The molecule has 0 aliphatic carbocycles. The van der Waals surface area contributed by atoms with Crippen LogP contribution in [-0.4, -0.2) is 6.61 Å². The van der Waals surface area contributed by atoms with Gasteiger partial charge in [-0.1, -0.05) is 33.3 Å². The first-order chi connectivity index (χ1) is 7.19. The van der Waals surface area contributed by atoms with Gasteiger partial charge in [-0.15, -0.1) is 0 Å². The number of aryl methyl sites for hydroxylation is 1. The van der Waals surface area contributed by atoms with Crippen molar-refractivity contribution in [2.75, 3.05) is 6.61 Å². The molecule has 0 heterocycles. The second-order valence-electron chi connectivity index (χ2n) is 4.00. The molecule has 0 aromatic heterocycles. The second-order valence-corrected chi connectivity index (χ2v) is 4.00. The Hall–Kier alpha value is -0.980. The van der Waals surface area contributed by atoms with Crippen LogP contribution in [-0.2, 0) is 6.42 Å². The Labute approximate surface area is 93.5 Å². The van der Waals surface area contributed by atoms with Crippen LogP contribution in [0.15, 0.2) is 18.2 Å². The van der Waals surface area contributed by atoms with Gasteiger partial charge in [-0.3, -0.25) is 0 Å². The molecule has 0 amide bonds. The standard InChI is InChI=1S/C14H21O/c1-5-7-12-8-9-13(15-6-2)10-14(12)11(3)4/h8-10H,5-7H2,1-4H3. The van der Waals surface area contributed by atoms with E-state index in [0.717, 1.165) is 18.8 Å². The molecule has 0 N–H and O–H groups in total. The summed E-state index contributed by atoms with van der Waals surface area (Å²) in [6.07, 6.45) is 2.33. The molecular weight excluding hydrogens is 184 g/mol. The van der Waals surface area contributed by atoms with Crippen molar-refractivity contribution in [3.05, 3.63) is 35.2 Å². The van der Waals surface area contributed by atoms with Gasteiger partial charge in [-0.25, -0.2) is 0 Å². The van der Waals surface area contributed by atoms with Crippen LogP contribution < -0.4 is 4.74 Å². The SMILES string of the molecule is CCCc1ccc(OCC)cc1[C](C)C. The van der Waals surface area contributed by atoms with E-state index in [1.54, 1.807) is 0 Å². The highest BCUT2D eigenvalue weighted by Gasteiger charge is 2.07. The number of rotatable bonds is 5. The van der Waals surface area contributed by atoms with Crippen LogP contribution in [0.4, 0.5) is 0 Å². The minimum Gasteiger partial charge on any atom is -0.494 e. The molecule has 1 rings (SSSR count). The van der Waals surface area contributed by atoms with Gasteiger partial charge >= 0.3 is 0 Å². The molecule has 0 aliphatic heterocycles. The topological polar surface area (TPSA) is 9.23 Å². The van der Waals surface area contributed by atoms with Crippen molar-refractivity contribution >= 4 is 0 Å². The highest BCUT2D eigenvalue weighted by Crippen LogP contribution is 2.25. The molecule has 1 aromatic carbocycles. The molecule has 0 atom stereocenters. The van der Waals surface area contributed by atoms with E-state index in [-0.39, 0.29) is 0 Å². The zero-order valence-corrected chi connectivity index (χ0v) is 10.3. The Balaban J connectivity index is 2.97. The van der Waals surface area contributed by atoms with Crippen molar-refractivity contribution in [3.8, 4) is 5.75 Å². The zero-order valence-electron chi connectivity index (χ0n) is 10.3. The fraction of sp³-hybridized carbons (Fsp3) is 0.500. The summed E-state index contributed by atoms with van der Waals surface area (Å²) in [7, 11) is 0. The number of hydrogen-bond donors (Lipinski definition) is 0. The molecule has 1 radical (unpaired) electrons. The summed E-state index contributed by atoms with van der Waals surface area (Å²) in [5.41, 5.74) is 2.78. The zero-order chi connectivity index (χ0) is 11.3. The van der Waals surface area contributed by atoms with Crippen LogP contribution in [0.1, 0.15) is 45.2 Å². The van der Waals surface area contributed by atoms with Crippen LogP contribution in [0.25, 0.3) is 0 Å². The Morgan fingerprint density at radius 3 is 2.47 bits per heavy atom. The summed E-state index contributed by atoms with van der Waals surface area (Å²) in [5, 5.41) is 0. The molecule has 1 heteroatoms. The third-order valence-electron chi connectivity index (χ3n) is 2.45. The lowest BCUT2D eigenvalue weighted by atomic mass is 9.94. The van der Waals surface area contributed by atoms with E-state index in [4.69, 9.17) is 4.74 Å². The molecule has 0 saturated carbocycles. The monoisotopic (exact) mass is 205 g/mol. The smallest absolute Gasteiger partial charge is 0.119 e. The highest BCUT2D eigenvalue weighted by atomic mass is 16.5. The van der Waals surface area contributed by atoms with Gasteiger partial charge in [0.2, 0.25) is 0 Å². The average molecular weight is 205 g/mol. The molecule has 0 bridgehead atoms. The predicted molar refractivity (Wildman–Crippen MR) is 65.3 cm³/mol. The summed E-state index contributed by atoms with van der Waals surface area (Å²) >= 11 is 0. The molecule has 83 valence electrons. The first kappa shape index (κ1) is 12.1. The first-order valence-electron chi connectivity index (χ1n) is 5.75. The second kappa shape index (κ2) is 5.79. The van der Waals surface area contributed by atoms with E-state index < -0.39 is 0 Å². The molecule has 0 fully saturated rings. The van der Waals surface area contributed by atoms with Crippen LogP contribution in [0.3, 0.4) is 0 Å². The van der Waals surface area contributed by atoms with E-state index in [2.05, 4.69) is 39.0 Å². The van der Waals surface area contributed by atoms with Gasteiger partial charge in [0.15, 0.2) is 0 Å². The molecule has 0 aliphatic rings. The molecule has 0 spiro atoms. The Morgan fingerprint density at radius 2 is 1.93 bits per heavy atom. The first-order valence-corrected chi connectivity index (χ1v) is 5.75. The molecule has 0 saturated heterocycles. The summed E-state index contributed by atoms with van der Waals surface area (Å²) < 4.78 is 5.52. The van der Waals surface area contributed by atoms with Crippen molar-refractivity contribution in [2.45, 2.75) is 40.5 Å². The van der Waals surface area contributed by atoms with Crippen molar-refractivity contribution < 1.29 is 4.74 Å². The average Bonchev–Trinajstić information content (AvgIpc) is 2.21. The third-order valence-corrected chi connectivity index (χ3v) is 2.45. The predicted octanol–water partition coefficient (Wildman–Crippen LogP) is 4.00. The Kier molecular flexibility index (Phi) is 4.67. The van der Waals surface area contributed by atoms with Crippen LogP contribution in [0, 0.1) is 5.92 Å². The maximum absolute atomic E-state index is 5.52. The van der Waals surface area contributed by atoms with Gasteiger partial charge in [-0.2, -0.15) is 0 Å². The van der Waals surface area contributed by atoms with Crippen molar-refractivity contribution in [1.29, 1.82) is 0 Å². The van der Waals surface area contributed by atoms with E-state index in [9.17, 15) is 0 Å². The van der Waals surface area contributed by atoms with Crippen LogP contribution in [0.5, 0.6) is 5.75 Å². The van der Waals surface area contributed by atoms with E-state index in [0.29, 0.717) is 0 Å². The molecule has 15 heavy (non-hydrogen) atoms. The molecular formula is C14H21O. The van der Waals surface area contributed by atoms with Crippen molar-refractivity contribution in [2.24, 2.45) is 0 Å². The van der Waals surface area contributed by atoms with Gasteiger partial charge in [0.05, 0.1) is 6.61 Å². The van der Waals surface area contributed by atoms with E-state index in [1.807, 2.05) is 6.92 Å². The lowest BCUT2D eigenvalue weighted by molar-refractivity contribution is 0.340. The number of hydrogen-bond acceptors (Lipinski definition) is 1. The van der Waals surface area contributed by atoms with Gasteiger partial charge in [0.25, 0.3) is 0 Å². The van der Waals surface area contributed by atoms with Gasteiger partial charge in [0.1, 0.15) is 5.75 Å². The van der Waals surface area contributed by atoms with Gasteiger partial charge in [0, 0.05) is 0 Å². The molecule has 1 nitrogen and oxygen atoms in total. The normalized spacial score (nSPS) is 10.7. The minimum atomic E-state index is 0.731. The summed E-state index contributed by atoms with van der Waals surface area (Å²) in [6.45, 7) is 9.27. The number of ether oxygens (including phenoxy) is 1. The quantitative estimate of drug-likeness (QED) is 0.706. The van der Waals surface area contributed by atoms with Crippen LogP contribution >= 0.6 is 0 Å². The number of benzene rings is 1. The van der Waals surface area contributed by atoms with Crippen molar-refractivity contribution in [1.82, 2.24) is 0 Å². The summed E-state index contributed by atoms with van der Waals surface area (Å²) in [6, 6.07) is 6.42. The molecule has 1 aromatic rings. The Bertz CT molecular complexity index is 302. The van der Waals surface area contributed by atoms with Gasteiger partial charge in [-0.05, 0) is 42.5 Å². The maximum Gasteiger partial charge on any atom is 0.119 e. The summed E-state index contributed by atoms with van der Waals surface area (Å²) in [5.74, 6) is 2.34. The lowest BCUT2D eigenvalue weighted by Gasteiger charge is -2.14. The van der Waals surface area contributed by atoms with E-state index in [1.165, 1.54) is 23.5 Å². The van der Waals surface area contributed by atoms with Crippen molar-refractivity contribution in [3.63, 3.8) is 0 Å². The minimum absolute atomic E-state index is 0.731. The fourth-order valence-electron chi connectivity index (χ4n) is 1.76. The van der Waals surface area contributed by atoms with Gasteiger partial charge < -0.3 is 4.74 Å². The third kappa shape index (κ3) is 3.26. The molecule has 0 unspecified atom stereocenters. The van der Waals surface area contributed by atoms with Crippen LogP contribution in [0.2, 0.25) is 0 Å². The Morgan fingerprint density at radius 1 is 1.20 bits per heavy atom.